The molecule has 0 amide bonds. The minimum Gasteiger partial charge on any atom is -0.333 e. The molecule has 0 aliphatic carbocycles. The zero-order chi connectivity index (χ0) is 15.1. The predicted molar refractivity (Wildman–Crippen MR) is 73.2 cm³/mol. The number of nitrogens with zero attached hydrogens (tertiary/aromatic N) is 3. The molecule has 2 aromatic heterocycles. The van der Waals surface area contributed by atoms with Crippen LogP contribution in [0.15, 0.2) is 35.3 Å². The number of aromatic amines is 1. The summed E-state index contributed by atoms with van der Waals surface area (Å²) in [6, 6.07) is 4.86. The first kappa shape index (κ1) is 12.7. The highest BCUT2D eigenvalue weighted by Crippen LogP contribution is 2.28. The van der Waals surface area contributed by atoms with Crippen LogP contribution in [0.25, 0.3) is 21.9 Å². The number of H-pyrrole nitrogens is 1. The third-order valence-electron chi connectivity index (χ3n) is 3.05. The van der Waals surface area contributed by atoms with E-state index in [1.807, 2.05) is 0 Å². The molecule has 9 nitrogen and oxygen atoms in total. The highest BCUT2D eigenvalue weighted by Gasteiger charge is 2.22. The highest BCUT2D eigenvalue weighted by molar-refractivity contribution is 5.96. The average Bonchev–Trinajstić information content (AvgIpc) is 2.46. The lowest BCUT2D eigenvalue weighted by Gasteiger charge is -2.02. The number of nitro benzene ring substituents is 2. The molecule has 0 fully saturated rings. The van der Waals surface area contributed by atoms with Crippen molar-refractivity contribution in [3.05, 3.63) is 60.9 Å². The van der Waals surface area contributed by atoms with Crippen molar-refractivity contribution in [2.45, 2.75) is 0 Å². The van der Waals surface area contributed by atoms with Gasteiger partial charge >= 0.3 is 0 Å². The Morgan fingerprint density at radius 2 is 1.86 bits per heavy atom. The Hall–Kier alpha value is -3.36. The molecule has 0 saturated carbocycles. The first-order chi connectivity index (χ1) is 9.99. The number of nitrogens with one attached hydrogen (secondary N) is 1. The molecule has 0 bridgehead atoms. The SMILES string of the molecule is O=c1c2cccnc2[nH]c2c([N+](=O)[O-])cc([N+](=O)[O-])cc12. The van der Waals surface area contributed by atoms with Gasteiger partial charge in [0.15, 0.2) is 5.43 Å². The van der Waals surface area contributed by atoms with Gasteiger partial charge in [0, 0.05) is 12.3 Å². The molecule has 104 valence electrons. The van der Waals surface area contributed by atoms with Crippen molar-refractivity contribution in [3.8, 4) is 0 Å². The summed E-state index contributed by atoms with van der Waals surface area (Å²) in [4.78, 5) is 39.3. The van der Waals surface area contributed by atoms with Crippen LogP contribution in [-0.4, -0.2) is 19.8 Å². The quantitative estimate of drug-likeness (QED) is 0.434. The molecule has 3 rings (SSSR count). The van der Waals surface area contributed by atoms with Crippen LogP contribution < -0.4 is 5.43 Å². The van der Waals surface area contributed by atoms with Crippen LogP contribution in [0.1, 0.15) is 0 Å². The molecule has 21 heavy (non-hydrogen) atoms. The normalized spacial score (nSPS) is 10.9. The molecule has 0 atom stereocenters. The summed E-state index contributed by atoms with van der Waals surface area (Å²) in [5.41, 5.74) is -1.49. The van der Waals surface area contributed by atoms with E-state index in [-0.39, 0.29) is 21.9 Å². The van der Waals surface area contributed by atoms with E-state index in [2.05, 4.69) is 9.97 Å². The van der Waals surface area contributed by atoms with Crippen molar-refractivity contribution in [1.82, 2.24) is 9.97 Å². The number of hydrogen-bond acceptors (Lipinski definition) is 6. The molecule has 0 unspecified atom stereocenters. The van der Waals surface area contributed by atoms with Crippen LogP contribution in [0, 0.1) is 20.2 Å². The maximum Gasteiger partial charge on any atom is 0.300 e. The number of fused-ring (bicyclic) bond motifs is 2. The molecular formula is C12H6N4O5. The number of benzene rings is 1. The third-order valence-corrected chi connectivity index (χ3v) is 3.05. The fourth-order valence-electron chi connectivity index (χ4n) is 2.12. The highest BCUT2D eigenvalue weighted by atomic mass is 16.6. The van der Waals surface area contributed by atoms with Crippen LogP contribution in [0.3, 0.4) is 0 Å². The van der Waals surface area contributed by atoms with E-state index >= 15 is 0 Å². The van der Waals surface area contributed by atoms with Crippen LogP contribution in [0.4, 0.5) is 11.4 Å². The summed E-state index contributed by atoms with van der Waals surface area (Å²) in [7, 11) is 0. The summed E-state index contributed by atoms with van der Waals surface area (Å²) in [6.07, 6.45) is 1.43. The van der Waals surface area contributed by atoms with Gasteiger partial charge in [0.1, 0.15) is 11.2 Å². The lowest BCUT2D eigenvalue weighted by Crippen LogP contribution is -2.07. The Labute approximate surface area is 115 Å². The second kappa shape index (κ2) is 4.34. The van der Waals surface area contributed by atoms with Gasteiger partial charge in [-0.15, -0.1) is 0 Å². The third kappa shape index (κ3) is 1.87. The molecule has 9 heteroatoms. The molecule has 3 aromatic rings. The van der Waals surface area contributed by atoms with Crippen molar-refractivity contribution in [3.63, 3.8) is 0 Å². The molecular weight excluding hydrogens is 280 g/mol. The molecule has 0 radical (unpaired) electrons. The van der Waals surface area contributed by atoms with Crippen molar-refractivity contribution in [2.75, 3.05) is 0 Å². The second-order valence-corrected chi connectivity index (χ2v) is 4.26. The molecule has 2 heterocycles. The molecule has 0 aliphatic rings. The van der Waals surface area contributed by atoms with Crippen molar-refractivity contribution >= 4 is 33.3 Å². The van der Waals surface area contributed by atoms with Gasteiger partial charge in [-0.2, -0.15) is 0 Å². The van der Waals surface area contributed by atoms with Gasteiger partial charge in [0.05, 0.1) is 26.7 Å². The lowest BCUT2D eigenvalue weighted by atomic mass is 10.1. The smallest absolute Gasteiger partial charge is 0.300 e. The van der Waals surface area contributed by atoms with Crippen LogP contribution >= 0.6 is 0 Å². The van der Waals surface area contributed by atoms with Gasteiger partial charge in [-0.1, -0.05) is 0 Å². The van der Waals surface area contributed by atoms with Gasteiger partial charge in [-0.25, -0.2) is 4.98 Å². The Morgan fingerprint density at radius 3 is 2.52 bits per heavy atom. The van der Waals surface area contributed by atoms with Crippen LogP contribution in [-0.2, 0) is 0 Å². The molecule has 0 saturated heterocycles. The topological polar surface area (TPSA) is 132 Å². The van der Waals surface area contributed by atoms with E-state index in [0.717, 1.165) is 12.1 Å². The monoisotopic (exact) mass is 286 g/mol. The van der Waals surface area contributed by atoms with Crippen LogP contribution in [0.2, 0.25) is 0 Å². The molecule has 0 aliphatic heterocycles. The Bertz CT molecular complexity index is 978. The summed E-state index contributed by atoms with van der Waals surface area (Å²) in [5, 5.41) is 22.0. The molecule has 0 spiro atoms. The van der Waals surface area contributed by atoms with Crippen molar-refractivity contribution in [2.24, 2.45) is 0 Å². The van der Waals surface area contributed by atoms with E-state index in [0.29, 0.717) is 0 Å². The fourth-order valence-corrected chi connectivity index (χ4v) is 2.12. The van der Waals surface area contributed by atoms with Gasteiger partial charge in [-0.3, -0.25) is 25.0 Å². The number of rotatable bonds is 2. The number of nitro groups is 2. The maximum absolute atomic E-state index is 12.3. The minimum absolute atomic E-state index is 0.0817. The summed E-state index contributed by atoms with van der Waals surface area (Å²) < 4.78 is 0. The standard InChI is InChI=1S/C12H6N4O5/c17-11-7-2-1-3-13-12(7)14-10-8(11)4-6(15(18)19)5-9(10)16(20)21/h1-5H,(H,13,14,17). The van der Waals surface area contributed by atoms with Gasteiger partial charge in [-0.05, 0) is 12.1 Å². The zero-order valence-corrected chi connectivity index (χ0v) is 10.3. The summed E-state index contributed by atoms with van der Waals surface area (Å²) >= 11 is 0. The molecule has 1 N–H and O–H groups in total. The van der Waals surface area contributed by atoms with Crippen molar-refractivity contribution < 1.29 is 9.85 Å². The predicted octanol–water partition coefficient (Wildman–Crippen LogP) is 1.89. The Morgan fingerprint density at radius 1 is 1.10 bits per heavy atom. The van der Waals surface area contributed by atoms with Gasteiger partial charge in [0.25, 0.3) is 11.4 Å². The summed E-state index contributed by atoms with van der Waals surface area (Å²) in [5.74, 6) is 0. The van der Waals surface area contributed by atoms with Crippen LogP contribution in [0.5, 0.6) is 0 Å². The van der Waals surface area contributed by atoms with Crippen molar-refractivity contribution in [1.29, 1.82) is 0 Å². The van der Waals surface area contributed by atoms with E-state index in [1.165, 1.54) is 18.3 Å². The maximum atomic E-state index is 12.3. The van der Waals surface area contributed by atoms with Gasteiger partial charge in [0.2, 0.25) is 0 Å². The Kier molecular flexibility index (Phi) is 2.61. The fraction of sp³-hybridized carbons (Fsp3) is 0. The van der Waals surface area contributed by atoms with E-state index < -0.39 is 26.7 Å². The average molecular weight is 286 g/mol. The lowest BCUT2D eigenvalue weighted by molar-refractivity contribution is -0.393. The van der Waals surface area contributed by atoms with Gasteiger partial charge < -0.3 is 4.98 Å². The Balaban J connectivity index is 2.58. The second-order valence-electron chi connectivity index (χ2n) is 4.26. The first-order valence-corrected chi connectivity index (χ1v) is 5.72. The van der Waals surface area contributed by atoms with E-state index in [9.17, 15) is 25.0 Å². The largest absolute Gasteiger partial charge is 0.333 e. The zero-order valence-electron chi connectivity index (χ0n) is 10.3. The number of pyridine rings is 2. The van der Waals surface area contributed by atoms with E-state index in [4.69, 9.17) is 0 Å². The van der Waals surface area contributed by atoms with E-state index in [1.54, 1.807) is 0 Å². The number of aromatic nitrogens is 2. The molecule has 1 aromatic carbocycles. The number of hydrogen-bond donors (Lipinski definition) is 1. The first-order valence-electron chi connectivity index (χ1n) is 5.72. The number of non-ortho nitro benzene ring substituents is 2. The minimum atomic E-state index is -0.778. The summed E-state index contributed by atoms with van der Waals surface area (Å²) in [6.45, 7) is 0.